The molecular weight excluding hydrogens is 260 g/mol. The number of aliphatic carboxylic acids is 1. The Labute approximate surface area is 115 Å². The van der Waals surface area contributed by atoms with Crippen molar-refractivity contribution in [2.75, 3.05) is 6.61 Å². The third kappa shape index (κ3) is 3.84. The molecule has 0 amide bonds. The molecule has 0 aliphatic heterocycles. The molecule has 2 aromatic rings. The molecule has 0 radical (unpaired) electrons. The summed E-state index contributed by atoms with van der Waals surface area (Å²) in [6.07, 6.45) is 4.47. The molecule has 0 saturated carbocycles. The fourth-order valence-electron chi connectivity index (χ4n) is 1.52. The third-order valence-electron chi connectivity index (χ3n) is 2.42. The molecule has 1 heterocycles. The first-order valence-corrected chi connectivity index (χ1v) is 5.86. The van der Waals surface area contributed by atoms with Gasteiger partial charge in [0.2, 0.25) is 0 Å². The molecule has 5 heteroatoms. The molecule has 0 aliphatic carbocycles. The van der Waals surface area contributed by atoms with Gasteiger partial charge in [0.25, 0.3) is 0 Å². The molecule has 20 heavy (non-hydrogen) atoms. The third-order valence-corrected chi connectivity index (χ3v) is 2.42. The smallest absolute Gasteiger partial charge is 0.341 e. The summed E-state index contributed by atoms with van der Waals surface area (Å²) in [5.41, 5.74) is 0.413. The van der Waals surface area contributed by atoms with Gasteiger partial charge in [-0.25, -0.2) is 4.79 Å². The number of furan rings is 1. The van der Waals surface area contributed by atoms with E-state index in [1.165, 1.54) is 18.4 Å². The molecule has 0 saturated heterocycles. The van der Waals surface area contributed by atoms with E-state index in [4.69, 9.17) is 14.3 Å². The van der Waals surface area contributed by atoms with Crippen molar-refractivity contribution >= 4 is 17.8 Å². The van der Waals surface area contributed by atoms with E-state index < -0.39 is 12.6 Å². The first kappa shape index (κ1) is 13.6. The molecule has 0 aliphatic rings. The SMILES string of the molecule is O=C(O)COc1cccc(C(=O)/C=C/c2ccco2)c1. The number of ether oxygens (including phenoxy) is 1. The minimum atomic E-state index is -1.07. The number of ketones is 1. The highest BCUT2D eigenvalue weighted by Gasteiger charge is 2.05. The van der Waals surface area contributed by atoms with E-state index in [2.05, 4.69) is 0 Å². The van der Waals surface area contributed by atoms with Gasteiger partial charge in [0.15, 0.2) is 12.4 Å². The Morgan fingerprint density at radius 2 is 2.10 bits per heavy atom. The summed E-state index contributed by atoms with van der Waals surface area (Å²) in [6.45, 7) is -0.445. The maximum absolute atomic E-state index is 11.9. The summed E-state index contributed by atoms with van der Waals surface area (Å²) in [7, 11) is 0. The molecular formula is C15H12O5. The highest BCUT2D eigenvalue weighted by Crippen LogP contribution is 2.14. The second-order valence-electron chi connectivity index (χ2n) is 3.92. The molecule has 2 rings (SSSR count). The lowest BCUT2D eigenvalue weighted by Gasteiger charge is -2.04. The summed E-state index contributed by atoms with van der Waals surface area (Å²) in [6, 6.07) is 9.81. The maximum Gasteiger partial charge on any atom is 0.341 e. The zero-order valence-corrected chi connectivity index (χ0v) is 10.5. The van der Waals surface area contributed by atoms with Gasteiger partial charge in [0.1, 0.15) is 11.5 Å². The standard InChI is InChI=1S/C15H12O5/c16-14(7-6-12-5-2-8-19-12)11-3-1-4-13(9-11)20-10-15(17)18/h1-9H,10H2,(H,17,18)/b7-6+. The van der Waals surface area contributed by atoms with Crippen molar-refractivity contribution < 1.29 is 23.8 Å². The van der Waals surface area contributed by atoms with Crippen molar-refractivity contribution in [3.8, 4) is 5.75 Å². The van der Waals surface area contributed by atoms with Crippen LogP contribution in [0.1, 0.15) is 16.1 Å². The summed E-state index contributed by atoms with van der Waals surface area (Å²) >= 11 is 0. The number of benzene rings is 1. The highest BCUT2D eigenvalue weighted by atomic mass is 16.5. The Morgan fingerprint density at radius 3 is 2.80 bits per heavy atom. The minimum absolute atomic E-state index is 0.220. The van der Waals surface area contributed by atoms with E-state index in [-0.39, 0.29) is 5.78 Å². The van der Waals surface area contributed by atoms with Crippen LogP contribution in [0.2, 0.25) is 0 Å². The molecule has 5 nitrogen and oxygen atoms in total. The van der Waals surface area contributed by atoms with Gasteiger partial charge in [-0.2, -0.15) is 0 Å². The molecule has 0 atom stereocenters. The Bertz CT molecular complexity index is 625. The zero-order valence-electron chi connectivity index (χ0n) is 10.5. The molecule has 0 fully saturated rings. The van der Waals surface area contributed by atoms with Crippen molar-refractivity contribution in [2.45, 2.75) is 0 Å². The number of allylic oxidation sites excluding steroid dienone is 1. The Kier molecular flexibility index (Phi) is 4.34. The Balaban J connectivity index is 2.06. The first-order chi connectivity index (χ1) is 9.65. The van der Waals surface area contributed by atoms with Gasteiger partial charge in [0, 0.05) is 5.56 Å². The second kappa shape index (κ2) is 6.38. The van der Waals surface area contributed by atoms with Gasteiger partial charge >= 0.3 is 5.97 Å². The van der Waals surface area contributed by atoms with E-state index in [1.807, 2.05) is 0 Å². The topological polar surface area (TPSA) is 76.7 Å². The van der Waals surface area contributed by atoms with Crippen LogP contribution in [0.15, 0.2) is 53.2 Å². The fourth-order valence-corrected chi connectivity index (χ4v) is 1.52. The quantitative estimate of drug-likeness (QED) is 0.646. The lowest BCUT2D eigenvalue weighted by atomic mass is 10.1. The summed E-state index contributed by atoms with van der Waals surface area (Å²) in [5, 5.41) is 8.53. The van der Waals surface area contributed by atoms with E-state index >= 15 is 0 Å². The maximum atomic E-state index is 11.9. The van der Waals surface area contributed by atoms with Crippen LogP contribution in [0.25, 0.3) is 6.08 Å². The normalized spacial score (nSPS) is 10.6. The summed E-state index contributed by atoms with van der Waals surface area (Å²) in [4.78, 5) is 22.3. The lowest BCUT2D eigenvalue weighted by molar-refractivity contribution is -0.139. The highest BCUT2D eigenvalue weighted by molar-refractivity contribution is 6.06. The van der Waals surface area contributed by atoms with Crippen molar-refractivity contribution in [2.24, 2.45) is 0 Å². The van der Waals surface area contributed by atoms with Gasteiger partial charge in [0.05, 0.1) is 6.26 Å². The van der Waals surface area contributed by atoms with Crippen LogP contribution in [-0.2, 0) is 4.79 Å². The number of carbonyl (C=O) groups excluding carboxylic acids is 1. The van der Waals surface area contributed by atoms with Crippen LogP contribution in [0.3, 0.4) is 0 Å². The van der Waals surface area contributed by atoms with Gasteiger partial charge in [-0.05, 0) is 36.4 Å². The van der Waals surface area contributed by atoms with E-state index in [0.717, 1.165) is 0 Å². The number of hydrogen-bond acceptors (Lipinski definition) is 4. The number of rotatable bonds is 6. The average Bonchev–Trinajstić information content (AvgIpc) is 2.96. The molecule has 0 unspecified atom stereocenters. The van der Waals surface area contributed by atoms with Crippen LogP contribution in [0.5, 0.6) is 5.75 Å². The Hall–Kier alpha value is -2.82. The van der Waals surface area contributed by atoms with Crippen LogP contribution in [0, 0.1) is 0 Å². The van der Waals surface area contributed by atoms with Crippen LogP contribution in [-0.4, -0.2) is 23.5 Å². The monoisotopic (exact) mass is 272 g/mol. The van der Waals surface area contributed by atoms with Crippen molar-refractivity contribution in [3.63, 3.8) is 0 Å². The predicted octanol–water partition coefficient (Wildman–Crippen LogP) is 2.64. The zero-order chi connectivity index (χ0) is 14.4. The van der Waals surface area contributed by atoms with Crippen molar-refractivity contribution in [3.05, 3.63) is 60.1 Å². The van der Waals surface area contributed by atoms with Gasteiger partial charge in [-0.15, -0.1) is 0 Å². The predicted molar refractivity (Wildman–Crippen MR) is 71.6 cm³/mol. The molecule has 102 valence electrons. The van der Waals surface area contributed by atoms with Gasteiger partial charge < -0.3 is 14.3 Å². The summed E-state index contributed by atoms with van der Waals surface area (Å²) in [5.74, 6) is -0.372. The van der Waals surface area contributed by atoms with Gasteiger partial charge in [-0.3, -0.25) is 4.79 Å². The van der Waals surface area contributed by atoms with Gasteiger partial charge in [-0.1, -0.05) is 12.1 Å². The van der Waals surface area contributed by atoms with Crippen LogP contribution in [0.4, 0.5) is 0 Å². The van der Waals surface area contributed by atoms with Crippen molar-refractivity contribution in [1.29, 1.82) is 0 Å². The largest absolute Gasteiger partial charge is 0.482 e. The van der Waals surface area contributed by atoms with Crippen LogP contribution >= 0.6 is 0 Å². The summed E-state index contributed by atoms with van der Waals surface area (Å²) < 4.78 is 10.1. The molecule has 1 aromatic carbocycles. The number of hydrogen-bond donors (Lipinski definition) is 1. The molecule has 0 bridgehead atoms. The van der Waals surface area contributed by atoms with E-state index in [9.17, 15) is 9.59 Å². The second-order valence-corrected chi connectivity index (χ2v) is 3.92. The molecule has 0 spiro atoms. The fraction of sp³-hybridized carbons (Fsp3) is 0.0667. The van der Waals surface area contributed by atoms with E-state index in [0.29, 0.717) is 17.1 Å². The average molecular weight is 272 g/mol. The first-order valence-electron chi connectivity index (χ1n) is 5.86. The molecule has 1 aromatic heterocycles. The lowest BCUT2D eigenvalue weighted by Crippen LogP contribution is -2.09. The number of carboxylic acid groups (broad SMARTS) is 1. The van der Waals surface area contributed by atoms with Crippen LogP contribution < -0.4 is 4.74 Å². The van der Waals surface area contributed by atoms with Crippen molar-refractivity contribution in [1.82, 2.24) is 0 Å². The molecule has 1 N–H and O–H groups in total. The minimum Gasteiger partial charge on any atom is -0.482 e. The number of carbonyl (C=O) groups is 2. The van der Waals surface area contributed by atoms with E-state index in [1.54, 1.807) is 36.4 Å². The number of carboxylic acids is 1. The Morgan fingerprint density at radius 1 is 1.25 bits per heavy atom.